The highest BCUT2D eigenvalue weighted by atomic mass is 32.2. The van der Waals surface area contributed by atoms with E-state index in [0.29, 0.717) is 12.1 Å². The van der Waals surface area contributed by atoms with Crippen LogP contribution < -0.4 is 5.32 Å². The summed E-state index contributed by atoms with van der Waals surface area (Å²) in [5.74, 6) is -0.348. The Morgan fingerprint density at radius 1 is 1.38 bits per heavy atom. The Balaban J connectivity index is 2.65. The van der Waals surface area contributed by atoms with E-state index in [-0.39, 0.29) is 17.5 Å². The third kappa shape index (κ3) is 6.96. The maximum absolute atomic E-state index is 13.9. The van der Waals surface area contributed by atoms with E-state index in [1.807, 2.05) is 26.8 Å². The highest BCUT2D eigenvalue weighted by Crippen LogP contribution is 2.25. The smallest absolute Gasteiger partial charge is 0.316 e. The van der Waals surface area contributed by atoms with Crippen molar-refractivity contribution >= 4 is 17.7 Å². The summed E-state index contributed by atoms with van der Waals surface area (Å²) >= 11 is 1.31. The van der Waals surface area contributed by atoms with Crippen molar-refractivity contribution < 1.29 is 13.9 Å². The highest BCUT2D eigenvalue weighted by molar-refractivity contribution is 8.00. The van der Waals surface area contributed by atoms with Gasteiger partial charge in [-0.05, 0) is 45.9 Å². The second-order valence-corrected chi connectivity index (χ2v) is 6.79. The van der Waals surface area contributed by atoms with E-state index in [1.165, 1.54) is 17.8 Å². The van der Waals surface area contributed by atoms with E-state index in [4.69, 9.17) is 4.74 Å². The molecule has 118 valence electrons. The lowest BCUT2D eigenvalue weighted by Gasteiger charge is -2.19. The lowest BCUT2D eigenvalue weighted by atomic mass is 10.2. The number of carbonyl (C=O) groups is 1. The van der Waals surface area contributed by atoms with Gasteiger partial charge >= 0.3 is 5.97 Å². The van der Waals surface area contributed by atoms with Crippen molar-refractivity contribution in [1.82, 2.24) is 5.32 Å². The number of benzene rings is 1. The largest absolute Gasteiger partial charge is 0.459 e. The summed E-state index contributed by atoms with van der Waals surface area (Å²) in [5.41, 5.74) is 0.116. The molecule has 0 unspecified atom stereocenters. The predicted molar refractivity (Wildman–Crippen MR) is 85.0 cm³/mol. The fourth-order valence-electron chi connectivity index (χ4n) is 1.74. The summed E-state index contributed by atoms with van der Waals surface area (Å²) in [5, 5.41) is 3.19. The standard InChI is InChI=1S/C16H24FNO2S/c1-5-9-18-10-12-13(17)7-6-8-14(12)21-11-15(19)20-16(2,3)4/h6-8,18H,5,9-11H2,1-4H3. The lowest BCUT2D eigenvalue weighted by Crippen LogP contribution is -2.25. The molecule has 1 rings (SSSR count). The molecule has 0 aliphatic rings. The van der Waals surface area contributed by atoms with Gasteiger partial charge in [0.15, 0.2) is 0 Å². The van der Waals surface area contributed by atoms with Crippen molar-refractivity contribution in [2.75, 3.05) is 12.3 Å². The number of halogens is 1. The molecule has 1 aromatic rings. The first-order valence-corrected chi connectivity index (χ1v) is 8.15. The first kappa shape index (κ1) is 18.0. The molecular formula is C16H24FNO2S. The molecule has 0 aliphatic carbocycles. The first-order chi connectivity index (χ1) is 9.83. The SMILES string of the molecule is CCCNCc1c(F)cccc1SCC(=O)OC(C)(C)C. The van der Waals surface area contributed by atoms with Crippen LogP contribution in [0.2, 0.25) is 0 Å². The third-order valence-electron chi connectivity index (χ3n) is 2.57. The molecule has 0 spiro atoms. The number of carbonyl (C=O) groups excluding carboxylic acids is 1. The van der Waals surface area contributed by atoms with Gasteiger partial charge < -0.3 is 10.1 Å². The molecule has 0 aliphatic heterocycles. The highest BCUT2D eigenvalue weighted by Gasteiger charge is 2.17. The van der Waals surface area contributed by atoms with Crippen molar-refractivity contribution in [3.05, 3.63) is 29.6 Å². The molecule has 0 fully saturated rings. The van der Waals surface area contributed by atoms with Crippen LogP contribution in [0.3, 0.4) is 0 Å². The van der Waals surface area contributed by atoms with Crippen molar-refractivity contribution in [3.63, 3.8) is 0 Å². The Hall–Kier alpha value is -1.07. The van der Waals surface area contributed by atoms with Crippen LogP contribution in [0.15, 0.2) is 23.1 Å². The van der Waals surface area contributed by atoms with Crippen molar-refractivity contribution in [1.29, 1.82) is 0 Å². The lowest BCUT2D eigenvalue weighted by molar-refractivity contribution is -0.151. The molecular weight excluding hydrogens is 289 g/mol. The van der Waals surface area contributed by atoms with E-state index in [1.54, 1.807) is 6.07 Å². The Bertz CT molecular complexity index is 472. The van der Waals surface area contributed by atoms with Crippen LogP contribution >= 0.6 is 11.8 Å². The number of ether oxygens (including phenoxy) is 1. The van der Waals surface area contributed by atoms with Gasteiger partial charge in [0.05, 0.1) is 5.75 Å². The van der Waals surface area contributed by atoms with Crippen LogP contribution in [0, 0.1) is 5.82 Å². The summed E-state index contributed by atoms with van der Waals surface area (Å²) in [6.45, 7) is 8.86. The monoisotopic (exact) mass is 313 g/mol. The molecule has 0 atom stereocenters. The molecule has 21 heavy (non-hydrogen) atoms. The van der Waals surface area contributed by atoms with Gasteiger partial charge in [0.2, 0.25) is 0 Å². The maximum atomic E-state index is 13.9. The van der Waals surface area contributed by atoms with Crippen LogP contribution in [0.1, 0.15) is 39.7 Å². The predicted octanol–water partition coefficient (Wildman–Crippen LogP) is 3.76. The van der Waals surface area contributed by atoms with Gasteiger partial charge in [0.25, 0.3) is 0 Å². The Kier molecular flexibility index (Phi) is 7.18. The first-order valence-electron chi connectivity index (χ1n) is 7.16. The van der Waals surface area contributed by atoms with Gasteiger partial charge in [-0.1, -0.05) is 13.0 Å². The molecule has 1 N–H and O–H groups in total. The number of hydrogen-bond donors (Lipinski definition) is 1. The van der Waals surface area contributed by atoms with Gasteiger partial charge in [-0.3, -0.25) is 4.79 Å². The van der Waals surface area contributed by atoms with Crippen LogP contribution in [-0.4, -0.2) is 23.9 Å². The van der Waals surface area contributed by atoms with E-state index in [0.717, 1.165) is 17.9 Å². The second kappa shape index (κ2) is 8.39. The summed E-state index contributed by atoms with van der Waals surface area (Å²) in [6, 6.07) is 4.94. The fraction of sp³-hybridized carbons (Fsp3) is 0.562. The Morgan fingerprint density at radius 2 is 2.10 bits per heavy atom. The van der Waals surface area contributed by atoms with Gasteiger partial charge in [-0.15, -0.1) is 11.8 Å². The quantitative estimate of drug-likeness (QED) is 0.472. The molecule has 0 heterocycles. The van der Waals surface area contributed by atoms with Crippen molar-refractivity contribution in [2.24, 2.45) is 0 Å². The summed E-state index contributed by atoms with van der Waals surface area (Å²) in [4.78, 5) is 12.5. The number of hydrogen-bond acceptors (Lipinski definition) is 4. The van der Waals surface area contributed by atoms with Crippen LogP contribution in [-0.2, 0) is 16.1 Å². The number of nitrogens with one attached hydrogen (secondary N) is 1. The molecule has 0 radical (unpaired) electrons. The zero-order valence-electron chi connectivity index (χ0n) is 13.2. The third-order valence-corrected chi connectivity index (χ3v) is 3.64. The molecule has 0 bridgehead atoms. The normalized spacial score (nSPS) is 11.5. The Labute approximate surface area is 130 Å². The molecule has 3 nitrogen and oxygen atoms in total. The minimum Gasteiger partial charge on any atom is -0.459 e. The van der Waals surface area contributed by atoms with Crippen LogP contribution in [0.4, 0.5) is 4.39 Å². The minimum absolute atomic E-state index is 0.182. The van der Waals surface area contributed by atoms with Gasteiger partial charge in [-0.2, -0.15) is 0 Å². The average Bonchev–Trinajstić information content (AvgIpc) is 2.37. The topological polar surface area (TPSA) is 38.3 Å². The molecule has 0 saturated carbocycles. The van der Waals surface area contributed by atoms with Gasteiger partial charge in [0, 0.05) is 17.0 Å². The molecule has 0 amide bonds. The van der Waals surface area contributed by atoms with Crippen LogP contribution in [0.5, 0.6) is 0 Å². The van der Waals surface area contributed by atoms with Crippen molar-refractivity contribution in [3.8, 4) is 0 Å². The fourth-order valence-corrected chi connectivity index (χ4v) is 2.59. The maximum Gasteiger partial charge on any atom is 0.316 e. The summed E-state index contributed by atoms with van der Waals surface area (Å²) < 4.78 is 19.2. The Morgan fingerprint density at radius 3 is 2.71 bits per heavy atom. The van der Waals surface area contributed by atoms with Gasteiger partial charge in [-0.25, -0.2) is 4.39 Å². The van der Waals surface area contributed by atoms with E-state index in [9.17, 15) is 9.18 Å². The summed E-state index contributed by atoms with van der Waals surface area (Å²) in [6.07, 6.45) is 0.995. The summed E-state index contributed by atoms with van der Waals surface area (Å²) in [7, 11) is 0. The molecule has 0 saturated heterocycles. The van der Waals surface area contributed by atoms with E-state index >= 15 is 0 Å². The number of thioether (sulfide) groups is 1. The zero-order valence-corrected chi connectivity index (χ0v) is 14.0. The average molecular weight is 313 g/mol. The zero-order chi connectivity index (χ0) is 15.9. The van der Waals surface area contributed by atoms with E-state index < -0.39 is 5.60 Å². The molecule has 1 aromatic carbocycles. The van der Waals surface area contributed by atoms with Crippen LogP contribution in [0.25, 0.3) is 0 Å². The number of rotatable bonds is 7. The molecule has 0 aromatic heterocycles. The number of esters is 1. The van der Waals surface area contributed by atoms with E-state index in [2.05, 4.69) is 12.2 Å². The second-order valence-electron chi connectivity index (χ2n) is 5.77. The minimum atomic E-state index is -0.495. The van der Waals surface area contributed by atoms with Gasteiger partial charge in [0.1, 0.15) is 11.4 Å². The molecule has 5 heteroatoms. The van der Waals surface area contributed by atoms with Crippen molar-refractivity contribution in [2.45, 2.75) is 51.2 Å².